The van der Waals surface area contributed by atoms with Gasteiger partial charge >= 0.3 is 0 Å². The maximum absolute atomic E-state index is 5.94. The first-order valence-corrected chi connectivity index (χ1v) is 5.25. The maximum Gasteiger partial charge on any atom is 0.0544 e. The molecular weight excluding hydrogens is 190 g/mol. The van der Waals surface area contributed by atoms with E-state index in [9.17, 15) is 0 Å². The molecule has 0 atom stereocenters. The smallest absolute Gasteiger partial charge is 0.0544 e. The van der Waals surface area contributed by atoms with E-state index in [0.717, 1.165) is 17.9 Å². The average molecular weight is 204 g/mol. The van der Waals surface area contributed by atoms with E-state index < -0.39 is 0 Å². The molecule has 2 N–H and O–H groups in total. The van der Waals surface area contributed by atoms with Gasteiger partial charge in [-0.1, -0.05) is 11.6 Å². The molecule has 3 heteroatoms. The summed E-state index contributed by atoms with van der Waals surface area (Å²) in [5, 5.41) is 2.89. The molecule has 68 valence electrons. The lowest BCUT2D eigenvalue weighted by Crippen LogP contribution is -2.32. The van der Waals surface area contributed by atoms with E-state index in [1.54, 1.807) is 11.3 Å². The van der Waals surface area contributed by atoms with Gasteiger partial charge in [-0.2, -0.15) is 0 Å². The summed E-state index contributed by atoms with van der Waals surface area (Å²) in [7, 11) is 0. The van der Waals surface area contributed by atoms with E-state index in [1.807, 2.05) is 25.3 Å². The van der Waals surface area contributed by atoms with E-state index in [0.29, 0.717) is 0 Å². The lowest BCUT2D eigenvalue weighted by Gasteiger charge is -2.17. The highest BCUT2D eigenvalue weighted by atomic mass is 35.5. The molecule has 12 heavy (non-hydrogen) atoms. The average Bonchev–Trinajstić information content (AvgIpc) is 2.29. The number of aryl methyl sites for hydroxylation is 1. The second kappa shape index (κ2) is 3.77. The predicted molar refractivity (Wildman–Crippen MR) is 55.9 cm³/mol. The molecule has 0 aliphatic rings. The summed E-state index contributed by atoms with van der Waals surface area (Å²) in [6.07, 6.45) is 1.97. The minimum atomic E-state index is -0.0900. The fourth-order valence-electron chi connectivity index (χ4n) is 0.939. The van der Waals surface area contributed by atoms with Crippen molar-refractivity contribution in [1.29, 1.82) is 0 Å². The van der Waals surface area contributed by atoms with E-state index in [4.69, 9.17) is 17.3 Å². The van der Waals surface area contributed by atoms with Crippen molar-refractivity contribution in [2.45, 2.75) is 32.2 Å². The Balaban J connectivity index is 2.49. The van der Waals surface area contributed by atoms with Crippen LogP contribution in [0.5, 0.6) is 0 Å². The Morgan fingerprint density at radius 3 is 2.67 bits per heavy atom. The summed E-state index contributed by atoms with van der Waals surface area (Å²) >= 11 is 7.64. The minimum absolute atomic E-state index is 0.0900. The summed E-state index contributed by atoms with van der Waals surface area (Å²) in [5.74, 6) is 0. The largest absolute Gasteiger partial charge is 0.326 e. The van der Waals surface area contributed by atoms with Crippen molar-refractivity contribution in [3.63, 3.8) is 0 Å². The third-order valence-corrected chi connectivity index (χ3v) is 3.13. The van der Waals surface area contributed by atoms with Crippen molar-refractivity contribution < 1.29 is 0 Å². The van der Waals surface area contributed by atoms with Gasteiger partial charge in [-0.25, -0.2) is 0 Å². The lowest BCUT2D eigenvalue weighted by atomic mass is 10.00. The van der Waals surface area contributed by atoms with E-state index in [-0.39, 0.29) is 5.54 Å². The van der Waals surface area contributed by atoms with Crippen LogP contribution in [0.25, 0.3) is 0 Å². The highest BCUT2D eigenvalue weighted by molar-refractivity contribution is 7.10. The van der Waals surface area contributed by atoms with E-state index in [2.05, 4.69) is 0 Å². The Morgan fingerprint density at radius 2 is 2.25 bits per heavy atom. The molecule has 0 saturated carbocycles. The molecule has 0 aliphatic carbocycles. The Kier molecular flexibility index (Phi) is 3.16. The van der Waals surface area contributed by atoms with Gasteiger partial charge in [0.05, 0.1) is 5.02 Å². The lowest BCUT2D eigenvalue weighted by molar-refractivity contribution is 0.478. The Morgan fingerprint density at radius 1 is 1.58 bits per heavy atom. The van der Waals surface area contributed by atoms with Crippen molar-refractivity contribution in [2.24, 2.45) is 5.73 Å². The van der Waals surface area contributed by atoms with Crippen LogP contribution in [0, 0.1) is 0 Å². The van der Waals surface area contributed by atoms with Crippen LogP contribution in [-0.4, -0.2) is 5.54 Å². The molecule has 0 spiro atoms. The van der Waals surface area contributed by atoms with Gasteiger partial charge in [-0.3, -0.25) is 0 Å². The van der Waals surface area contributed by atoms with E-state index >= 15 is 0 Å². The summed E-state index contributed by atoms with van der Waals surface area (Å²) in [6.45, 7) is 4.07. The molecule has 1 heterocycles. The minimum Gasteiger partial charge on any atom is -0.326 e. The first kappa shape index (κ1) is 10.0. The molecule has 0 amide bonds. The van der Waals surface area contributed by atoms with Crippen molar-refractivity contribution >= 4 is 22.9 Å². The fourth-order valence-corrected chi connectivity index (χ4v) is 2.07. The number of nitrogens with two attached hydrogens (primary N) is 1. The van der Waals surface area contributed by atoms with Gasteiger partial charge in [0.25, 0.3) is 0 Å². The van der Waals surface area contributed by atoms with Crippen LogP contribution in [0.3, 0.4) is 0 Å². The Hall–Kier alpha value is -0.0500. The van der Waals surface area contributed by atoms with Crippen LogP contribution < -0.4 is 5.73 Å². The topological polar surface area (TPSA) is 26.0 Å². The fraction of sp³-hybridized carbons (Fsp3) is 0.556. The van der Waals surface area contributed by atoms with Crippen molar-refractivity contribution in [3.05, 3.63) is 21.3 Å². The second-order valence-corrected chi connectivity index (χ2v) is 5.09. The molecule has 0 saturated heterocycles. The van der Waals surface area contributed by atoms with Crippen LogP contribution in [-0.2, 0) is 6.42 Å². The van der Waals surface area contributed by atoms with Gasteiger partial charge < -0.3 is 5.73 Å². The first-order valence-electron chi connectivity index (χ1n) is 4.00. The third kappa shape index (κ3) is 3.13. The molecular formula is C9H14ClNS. The number of halogens is 1. The number of thiophene rings is 1. The van der Waals surface area contributed by atoms with Crippen LogP contribution in [0.15, 0.2) is 11.4 Å². The van der Waals surface area contributed by atoms with Gasteiger partial charge in [0.2, 0.25) is 0 Å². The standard InChI is InChI=1S/C9H14ClNS/c1-9(2,11)5-3-8-7(10)4-6-12-8/h4,6H,3,5,11H2,1-2H3. The molecule has 0 unspecified atom stereocenters. The molecule has 0 aliphatic heterocycles. The van der Waals surface area contributed by atoms with Crippen LogP contribution in [0.2, 0.25) is 5.02 Å². The summed E-state index contributed by atoms with van der Waals surface area (Å²) < 4.78 is 0. The number of hydrogen-bond donors (Lipinski definition) is 1. The van der Waals surface area contributed by atoms with Crippen molar-refractivity contribution in [3.8, 4) is 0 Å². The monoisotopic (exact) mass is 203 g/mol. The first-order chi connectivity index (χ1) is 5.49. The molecule has 0 aromatic carbocycles. The molecule has 1 rings (SSSR count). The van der Waals surface area contributed by atoms with Gasteiger partial charge in [-0.15, -0.1) is 11.3 Å². The molecule has 0 radical (unpaired) electrons. The number of hydrogen-bond acceptors (Lipinski definition) is 2. The summed E-state index contributed by atoms with van der Waals surface area (Å²) in [6, 6.07) is 1.94. The highest BCUT2D eigenvalue weighted by Gasteiger charge is 2.11. The molecule has 1 nitrogen and oxygen atoms in total. The highest BCUT2D eigenvalue weighted by Crippen LogP contribution is 2.24. The Labute approximate surface area is 82.5 Å². The van der Waals surface area contributed by atoms with Gasteiger partial charge in [-0.05, 0) is 38.1 Å². The maximum atomic E-state index is 5.94. The van der Waals surface area contributed by atoms with Gasteiger partial charge in [0, 0.05) is 10.4 Å². The van der Waals surface area contributed by atoms with Crippen LogP contribution in [0.4, 0.5) is 0 Å². The summed E-state index contributed by atoms with van der Waals surface area (Å²) in [4.78, 5) is 1.25. The van der Waals surface area contributed by atoms with Gasteiger partial charge in [0.15, 0.2) is 0 Å². The SMILES string of the molecule is CC(C)(N)CCc1sccc1Cl. The number of rotatable bonds is 3. The zero-order valence-corrected chi connectivity index (χ0v) is 9.00. The van der Waals surface area contributed by atoms with E-state index in [1.165, 1.54) is 4.88 Å². The zero-order valence-electron chi connectivity index (χ0n) is 7.43. The third-order valence-electron chi connectivity index (χ3n) is 1.69. The Bertz CT molecular complexity index is 249. The molecule has 1 aromatic heterocycles. The molecule has 0 fully saturated rings. The van der Waals surface area contributed by atoms with Crippen molar-refractivity contribution in [1.82, 2.24) is 0 Å². The van der Waals surface area contributed by atoms with Crippen LogP contribution in [0.1, 0.15) is 25.1 Å². The van der Waals surface area contributed by atoms with Gasteiger partial charge in [0.1, 0.15) is 0 Å². The zero-order chi connectivity index (χ0) is 9.19. The van der Waals surface area contributed by atoms with Crippen LogP contribution >= 0.6 is 22.9 Å². The normalized spacial score (nSPS) is 12.0. The summed E-state index contributed by atoms with van der Waals surface area (Å²) in [5.41, 5.74) is 5.77. The predicted octanol–water partition coefficient (Wildman–Crippen LogP) is 3.07. The quantitative estimate of drug-likeness (QED) is 0.803. The molecule has 0 bridgehead atoms. The molecule has 1 aromatic rings. The van der Waals surface area contributed by atoms with Crippen molar-refractivity contribution in [2.75, 3.05) is 0 Å². The second-order valence-electron chi connectivity index (χ2n) is 3.68.